The Balaban J connectivity index is 1.08. The smallest absolute Gasteiger partial charge is 0.133 e. The van der Waals surface area contributed by atoms with Gasteiger partial charge in [-0.1, -0.05) is 121 Å². The van der Waals surface area contributed by atoms with Crippen LogP contribution in [0.1, 0.15) is 62.2 Å². The molecule has 10 heterocycles. The summed E-state index contributed by atoms with van der Waals surface area (Å²) in [6.45, 7) is 0. The summed E-state index contributed by atoms with van der Waals surface area (Å²) in [6.07, 6.45) is 6.30. The Morgan fingerprint density at radius 2 is 0.676 bits per heavy atom. The second-order valence-electron chi connectivity index (χ2n) is 18.6. The number of nitrogens with zero attached hydrogens (tertiary/aromatic N) is 2. The maximum Gasteiger partial charge on any atom is 0.133 e. The number of fused-ring (bicyclic) bond motifs is 16. The monoisotopic (exact) mass is 954 g/mol. The van der Waals surface area contributed by atoms with Crippen LogP contribution in [0.5, 0.6) is 0 Å². The first-order chi connectivity index (χ1) is 36.6. The standard InChI is InChI=1S/C64H46N10/c1-5-13-39(14-6-1)49-38-58-64(74-73-63-55-27-25-47(67-55)36-45-23-21-43(65-45)35-44-22-24-46(66-44)37-48-26-28-56(63)68-48)57-34-33-53(71-57)60(41-17-9-3-10-18-41)51-30-29-50(69-51)59(40-15-7-2-8-16-40)52-31-32-54(70-52)61(62(49)72-58)42-19-11-4-12-20-42/h1-38,65-72H. The van der Waals surface area contributed by atoms with Crippen LogP contribution in [0, 0.1) is 0 Å². The molecule has 0 saturated carbocycles. The minimum atomic E-state index is 0.621. The Kier molecular flexibility index (Phi) is 10.2. The molecule has 0 atom stereocenters. The van der Waals surface area contributed by atoms with Crippen LogP contribution < -0.4 is 42.8 Å². The number of benzene rings is 4. The molecule has 12 aromatic rings. The van der Waals surface area contributed by atoms with Crippen LogP contribution in [0.2, 0.25) is 0 Å². The zero-order chi connectivity index (χ0) is 49.0. The normalized spacial score (nSPS) is 13.3. The average Bonchev–Trinajstić information content (AvgIpc) is 4.30. The molecule has 0 spiro atoms. The fourth-order valence-electron chi connectivity index (χ4n) is 10.4. The van der Waals surface area contributed by atoms with Crippen molar-refractivity contribution >= 4 is 46.3 Å². The molecule has 0 unspecified atom stereocenters. The molecule has 2 aliphatic heterocycles. The average molecular weight is 955 g/mol. The van der Waals surface area contributed by atoms with Gasteiger partial charge < -0.3 is 39.9 Å². The molecule has 0 radical (unpaired) electrons. The summed E-state index contributed by atoms with van der Waals surface area (Å²) in [5, 5.41) is 18.0. The summed E-state index contributed by atoms with van der Waals surface area (Å²) in [7, 11) is 0. The summed E-state index contributed by atoms with van der Waals surface area (Å²) in [4.78, 5) is 30.1. The van der Waals surface area contributed by atoms with Crippen LogP contribution in [-0.2, 0) is 0 Å². The zero-order valence-corrected chi connectivity index (χ0v) is 39.8. The van der Waals surface area contributed by atoms with Gasteiger partial charge in [-0.05, 0) is 131 Å². The molecule has 0 saturated heterocycles. The number of aromatic nitrogens is 8. The SMILES string of the molecule is C1=c2ccc([nH]2)=Cc2ccc([nH]2)C(N=NC2=c3cc(-c4ccccc4)c([nH]3)=C(c3ccccc3)c3ccc([nH]3)C(c3ccccc3)=c3ccc([nH]3)=C(c3ccccc3)c3ccc2[nH]3)=c2ccc([nH]2)=Cc2ccc1[nH]2. The van der Waals surface area contributed by atoms with Crippen LogP contribution >= 0.6 is 0 Å². The van der Waals surface area contributed by atoms with E-state index in [1.54, 1.807) is 0 Å². The van der Waals surface area contributed by atoms with Crippen molar-refractivity contribution in [2.75, 3.05) is 0 Å². The third kappa shape index (κ3) is 7.89. The van der Waals surface area contributed by atoms with E-state index in [1.807, 2.05) is 0 Å². The summed E-state index contributed by atoms with van der Waals surface area (Å²) >= 11 is 0. The minimum absolute atomic E-state index is 0.621. The van der Waals surface area contributed by atoms with Crippen molar-refractivity contribution < 1.29 is 0 Å². The molecule has 352 valence electrons. The third-order valence-electron chi connectivity index (χ3n) is 13.8. The molecule has 0 fully saturated rings. The molecule has 0 amide bonds. The Hall–Kier alpha value is -10.3. The molecule has 8 N–H and O–H groups in total. The van der Waals surface area contributed by atoms with Crippen molar-refractivity contribution in [3.05, 3.63) is 317 Å². The van der Waals surface area contributed by atoms with Crippen LogP contribution in [0.15, 0.2) is 223 Å². The minimum Gasteiger partial charge on any atom is -0.355 e. The van der Waals surface area contributed by atoms with Crippen molar-refractivity contribution in [1.82, 2.24) is 39.9 Å². The second-order valence-corrected chi connectivity index (χ2v) is 18.6. The van der Waals surface area contributed by atoms with E-state index in [9.17, 15) is 0 Å². The number of nitrogens with one attached hydrogen (secondary N) is 8. The Bertz CT molecular complexity index is 4640. The highest BCUT2D eigenvalue weighted by Gasteiger charge is 2.20. The highest BCUT2D eigenvalue weighted by Crippen LogP contribution is 2.29. The summed E-state index contributed by atoms with van der Waals surface area (Å²) in [5.41, 5.74) is 16.9. The molecule has 14 rings (SSSR count). The van der Waals surface area contributed by atoms with E-state index in [4.69, 9.17) is 10.2 Å². The predicted molar refractivity (Wildman–Crippen MR) is 294 cm³/mol. The highest BCUT2D eigenvalue weighted by molar-refractivity contribution is 5.85. The van der Waals surface area contributed by atoms with Crippen LogP contribution in [0.3, 0.4) is 0 Å². The Morgan fingerprint density at radius 1 is 0.257 bits per heavy atom. The van der Waals surface area contributed by atoms with Gasteiger partial charge in [0.25, 0.3) is 0 Å². The molecular formula is C64H46N10. The Morgan fingerprint density at radius 3 is 1.27 bits per heavy atom. The van der Waals surface area contributed by atoms with Crippen LogP contribution in [-0.4, -0.2) is 39.9 Å². The number of H-pyrrole nitrogens is 8. The van der Waals surface area contributed by atoms with Gasteiger partial charge in [-0.2, -0.15) is 0 Å². The molecule has 0 aliphatic carbocycles. The van der Waals surface area contributed by atoms with Gasteiger partial charge in [-0.3, -0.25) is 0 Å². The van der Waals surface area contributed by atoms with Gasteiger partial charge in [-0.25, -0.2) is 0 Å². The lowest BCUT2D eigenvalue weighted by Gasteiger charge is -2.10. The van der Waals surface area contributed by atoms with E-state index in [2.05, 4.69) is 270 Å². The number of hydrogen-bond donors (Lipinski definition) is 8. The zero-order valence-electron chi connectivity index (χ0n) is 39.8. The van der Waals surface area contributed by atoms with Crippen molar-refractivity contribution in [2.45, 2.75) is 0 Å². The highest BCUT2D eigenvalue weighted by atomic mass is 15.1. The summed E-state index contributed by atoms with van der Waals surface area (Å²) in [6, 6.07) is 74.1. The van der Waals surface area contributed by atoms with Gasteiger partial charge in [0, 0.05) is 83.2 Å². The lowest BCUT2D eigenvalue weighted by molar-refractivity contribution is 1.12. The fraction of sp³-hybridized carbons (Fsp3) is 0. The maximum absolute atomic E-state index is 5.35. The van der Waals surface area contributed by atoms with Gasteiger partial charge in [-0.15, -0.1) is 10.2 Å². The van der Waals surface area contributed by atoms with Gasteiger partial charge in [0.1, 0.15) is 11.4 Å². The van der Waals surface area contributed by atoms with E-state index in [-0.39, 0.29) is 0 Å². The van der Waals surface area contributed by atoms with E-state index >= 15 is 0 Å². The van der Waals surface area contributed by atoms with Crippen LogP contribution in [0.4, 0.5) is 0 Å². The lowest BCUT2D eigenvalue weighted by atomic mass is 9.99. The van der Waals surface area contributed by atoms with E-state index in [0.29, 0.717) is 11.4 Å². The summed E-state index contributed by atoms with van der Waals surface area (Å²) < 4.78 is 0. The predicted octanol–water partition coefficient (Wildman–Crippen LogP) is 7.30. The van der Waals surface area contributed by atoms with Crippen molar-refractivity contribution in [2.24, 2.45) is 10.2 Å². The molecule has 4 aromatic carbocycles. The number of hydrogen-bond acceptors (Lipinski definition) is 2. The molecule has 2 aliphatic rings. The topological polar surface area (TPSA) is 151 Å². The van der Waals surface area contributed by atoms with Gasteiger partial charge in [0.2, 0.25) is 0 Å². The first-order valence-corrected chi connectivity index (χ1v) is 24.7. The van der Waals surface area contributed by atoms with Crippen molar-refractivity contribution in [3.63, 3.8) is 0 Å². The van der Waals surface area contributed by atoms with Gasteiger partial charge >= 0.3 is 0 Å². The van der Waals surface area contributed by atoms with E-state index in [0.717, 1.165) is 133 Å². The quantitative estimate of drug-likeness (QED) is 0.0791. The number of aromatic amines is 8. The van der Waals surface area contributed by atoms with Crippen LogP contribution in [0.25, 0.3) is 57.5 Å². The maximum atomic E-state index is 5.35. The van der Waals surface area contributed by atoms with E-state index < -0.39 is 0 Å². The number of azo groups is 1. The largest absolute Gasteiger partial charge is 0.355 e. The summed E-state index contributed by atoms with van der Waals surface area (Å²) in [5.74, 6) is 0. The molecule has 8 aromatic heterocycles. The third-order valence-corrected chi connectivity index (χ3v) is 13.8. The van der Waals surface area contributed by atoms with E-state index in [1.165, 1.54) is 0 Å². The first-order valence-electron chi connectivity index (χ1n) is 24.7. The molecule has 74 heavy (non-hydrogen) atoms. The number of rotatable bonds is 6. The second kappa shape index (κ2) is 17.8. The molecule has 10 heteroatoms. The molecule has 10 nitrogen and oxygen atoms in total. The molecule has 16 bridgehead atoms. The van der Waals surface area contributed by atoms with Gasteiger partial charge in [0.15, 0.2) is 0 Å². The lowest BCUT2D eigenvalue weighted by Crippen LogP contribution is -2.19. The Labute approximate surface area is 423 Å². The first kappa shape index (κ1) is 42.5. The van der Waals surface area contributed by atoms with Crippen molar-refractivity contribution in [1.29, 1.82) is 0 Å². The molecular weight excluding hydrogens is 909 g/mol. The van der Waals surface area contributed by atoms with Gasteiger partial charge in [0.05, 0.1) is 27.4 Å². The fourth-order valence-corrected chi connectivity index (χ4v) is 10.4. The van der Waals surface area contributed by atoms with Crippen molar-refractivity contribution in [3.8, 4) is 11.1 Å².